The zero-order chi connectivity index (χ0) is 18.7. The molecule has 2 aromatic carbocycles. The van der Waals surface area contributed by atoms with Gasteiger partial charge in [-0.3, -0.25) is 0 Å². The fraction of sp³-hybridized carbons (Fsp3) is 0.333. The lowest BCUT2D eigenvalue weighted by molar-refractivity contribution is 0.590. The quantitative estimate of drug-likeness (QED) is 0.499. The summed E-state index contributed by atoms with van der Waals surface area (Å²) in [6.45, 7) is 13.3. The molecule has 0 heterocycles. The van der Waals surface area contributed by atoms with Gasteiger partial charge in [0.25, 0.3) is 0 Å². The minimum absolute atomic E-state index is 0.161. The molecule has 0 spiro atoms. The average Bonchev–Trinajstić information content (AvgIpc) is 2.54. The summed E-state index contributed by atoms with van der Waals surface area (Å²) in [6.07, 6.45) is 6.04. The molecule has 0 nitrogen and oxygen atoms in total. The van der Waals surface area contributed by atoms with Crippen molar-refractivity contribution < 1.29 is 0 Å². The Morgan fingerprint density at radius 2 is 1.16 bits per heavy atom. The standard InChI is InChI=1S/C24H29Cl/c1-23(2,3)20-14-10-18(11-15-20)8-7-9-22(25)19-12-16-21(17-13-19)24(4,5)6/h7-17H,1-6H3/b8-7+,22-9-. The zero-order valence-electron chi connectivity index (χ0n) is 16.2. The van der Waals surface area contributed by atoms with Crippen molar-refractivity contribution in [2.75, 3.05) is 0 Å². The zero-order valence-corrected chi connectivity index (χ0v) is 17.0. The first-order valence-electron chi connectivity index (χ1n) is 8.83. The van der Waals surface area contributed by atoms with Crippen LogP contribution >= 0.6 is 11.6 Å². The molecule has 0 unspecified atom stereocenters. The number of allylic oxidation sites excluding steroid dienone is 2. The summed E-state index contributed by atoms with van der Waals surface area (Å²) >= 11 is 6.43. The summed E-state index contributed by atoms with van der Waals surface area (Å²) in [5.74, 6) is 0. The third-order valence-corrected chi connectivity index (χ3v) is 4.68. The van der Waals surface area contributed by atoms with E-state index in [0.29, 0.717) is 0 Å². The normalized spacial score (nSPS) is 13.5. The van der Waals surface area contributed by atoms with E-state index in [1.807, 2.05) is 12.2 Å². The summed E-state index contributed by atoms with van der Waals surface area (Å²) < 4.78 is 0. The fourth-order valence-electron chi connectivity index (χ4n) is 2.56. The van der Waals surface area contributed by atoms with Crippen LogP contribution in [0.25, 0.3) is 11.1 Å². The maximum atomic E-state index is 6.43. The van der Waals surface area contributed by atoms with Crippen molar-refractivity contribution in [3.05, 3.63) is 82.9 Å². The van der Waals surface area contributed by atoms with Gasteiger partial charge in [0.15, 0.2) is 0 Å². The summed E-state index contributed by atoms with van der Waals surface area (Å²) in [5.41, 5.74) is 5.23. The van der Waals surface area contributed by atoms with Crippen molar-refractivity contribution in [3.63, 3.8) is 0 Å². The molecular weight excluding hydrogens is 324 g/mol. The fourth-order valence-corrected chi connectivity index (χ4v) is 2.76. The van der Waals surface area contributed by atoms with E-state index in [9.17, 15) is 0 Å². The predicted octanol–water partition coefficient (Wildman–Crippen LogP) is 7.57. The van der Waals surface area contributed by atoms with E-state index in [1.54, 1.807) is 0 Å². The monoisotopic (exact) mass is 352 g/mol. The van der Waals surface area contributed by atoms with Crippen molar-refractivity contribution in [2.24, 2.45) is 0 Å². The highest BCUT2D eigenvalue weighted by Crippen LogP contribution is 2.26. The number of halogens is 1. The van der Waals surface area contributed by atoms with Gasteiger partial charge in [-0.2, -0.15) is 0 Å². The summed E-state index contributed by atoms with van der Waals surface area (Å²) in [7, 11) is 0. The van der Waals surface area contributed by atoms with Crippen molar-refractivity contribution in [1.82, 2.24) is 0 Å². The van der Waals surface area contributed by atoms with Crippen molar-refractivity contribution in [2.45, 2.75) is 52.4 Å². The minimum atomic E-state index is 0.161. The third-order valence-electron chi connectivity index (χ3n) is 4.33. The Morgan fingerprint density at radius 3 is 1.60 bits per heavy atom. The highest BCUT2D eigenvalue weighted by Gasteiger charge is 2.13. The van der Waals surface area contributed by atoms with Gasteiger partial charge in [-0.1, -0.05) is 114 Å². The number of rotatable bonds is 3. The third kappa shape index (κ3) is 5.61. The van der Waals surface area contributed by atoms with Crippen LogP contribution in [0.1, 0.15) is 63.8 Å². The van der Waals surface area contributed by atoms with E-state index >= 15 is 0 Å². The molecule has 0 atom stereocenters. The van der Waals surface area contributed by atoms with Gasteiger partial charge in [-0.05, 0) is 39.2 Å². The van der Waals surface area contributed by atoms with E-state index in [1.165, 1.54) is 16.7 Å². The Kier molecular flexibility index (Phi) is 5.95. The molecule has 0 radical (unpaired) electrons. The molecule has 2 aromatic rings. The molecule has 25 heavy (non-hydrogen) atoms. The van der Waals surface area contributed by atoms with Crippen LogP contribution in [-0.2, 0) is 10.8 Å². The SMILES string of the molecule is CC(C)(C)c1ccc(/C=C/C=C(\Cl)c2ccc(C(C)(C)C)cc2)cc1. The summed E-state index contributed by atoms with van der Waals surface area (Å²) in [5, 5.41) is 0.753. The largest absolute Gasteiger partial charge is 0.0837 e. The van der Waals surface area contributed by atoms with Gasteiger partial charge in [0.05, 0.1) is 0 Å². The van der Waals surface area contributed by atoms with Crippen LogP contribution in [-0.4, -0.2) is 0 Å². The molecule has 0 fully saturated rings. The first kappa shape index (κ1) is 19.5. The smallest absolute Gasteiger partial charge is 0.0478 e. The molecule has 1 heteroatoms. The first-order chi connectivity index (χ1) is 11.6. The van der Waals surface area contributed by atoms with Crippen LogP contribution in [0.4, 0.5) is 0 Å². The molecule has 0 amide bonds. The van der Waals surface area contributed by atoms with E-state index in [-0.39, 0.29) is 10.8 Å². The Hall–Kier alpha value is -1.79. The van der Waals surface area contributed by atoms with Crippen molar-refractivity contribution in [1.29, 1.82) is 0 Å². The van der Waals surface area contributed by atoms with Gasteiger partial charge in [-0.25, -0.2) is 0 Å². The lowest BCUT2D eigenvalue weighted by atomic mass is 9.86. The van der Waals surface area contributed by atoms with Gasteiger partial charge >= 0.3 is 0 Å². The Labute approximate surface area is 158 Å². The van der Waals surface area contributed by atoms with Gasteiger partial charge in [0.1, 0.15) is 0 Å². The van der Waals surface area contributed by atoms with Crippen LogP contribution in [0.2, 0.25) is 0 Å². The van der Waals surface area contributed by atoms with E-state index in [2.05, 4.69) is 96.1 Å². The second-order valence-corrected chi connectivity index (χ2v) is 8.98. The van der Waals surface area contributed by atoms with E-state index in [4.69, 9.17) is 11.6 Å². The number of benzene rings is 2. The second-order valence-electron chi connectivity index (χ2n) is 8.57. The molecule has 0 aliphatic heterocycles. The Balaban J connectivity index is 2.09. The van der Waals surface area contributed by atoms with E-state index < -0.39 is 0 Å². The van der Waals surface area contributed by atoms with Crippen LogP contribution in [0.15, 0.2) is 60.7 Å². The van der Waals surface area contributed by atoms with Gasteiger partial charge in [0.2, 0.25) is 0 Å². The van der Waals surface area contributed by atoms with Crippen LogP contribution in [0.5, 0.6) is 0 Å². The second kappa shape index (κ2) is 7.62. The Bertz CT molecular complexity index is 746. The maximum Gasteiger partial charge on any atom is 0.0478 e. The van der Waals surface area contributed by atoms with Crippen LogP contribution < -0.4 is 0 Å². The molecule has 0 aliphatic rings. The molecule has 2 rings (SSSR count). The summed E-state index contributed by atoms with van der Waals surface area (Å²) in [6, 6.07) is 17.2. The Morgan fingerprint density at radius 1 is 0.720 bits per heavy atom. The average molecular weight is 353 g/mol. The predicted molar refractivity (Wildman–Crippen MR) is 113 cm³/mol. The molecule has 0 aromatic heterocycles. The molecule has 0 saturated heterocycles. The number of hydrogen-bond acceptors (Lipinski definition) is 0. The van der Waals surface area contributed by atoms with E-state index in [0.717, 1.165) is 10.6 Å². The molecular formula is C24H29Cl. The molecule has 0 bridgehead atoms. The van der Waals surface area contributed by atoms with Gasteiger partial charge in [-0.15, -0.1) is 0 Å². The highest BCUT2D eigenvalue weighted by atomic mass is 35.5. The molecule has 0 saturated carbocycles. The van der Waals surface area contributed by atoms with Crippen LogP contribution in [0, 0.1) is 0 Å². The molecule has 0 N–H and O–H groups in total. The lowest BCUT2D eigenvalue weighted by Gasteiger charge is -2.19. The lowest BCUT2D eigenvalue weighted by Crippen LogP contribution is -2.10. The topological polar surface area (TPSA) is 0 Å². The minimum Gasteiger partial charge on any atom is -0.0837 e. The molecule has 132 valence electrons. The van der Waals surface area contributed by atoms with Crippen LogP contribution in [0.3, 0.4) is 0 Å². The first-order valence-corrected chi connectivity index (χ1v) is 9.20. The summed E-state index contributed by atoms with van der Waals surface area (Å²) in [4.78, 5) is 0. The highest BCUT2D eigenvalue weighted by molar-refractivity contribution is 6.48. The van der Waals surface area contributed by atoms with Crippen molar-refractivity contribution >= 4 is 22.7 Å². The van der Waals surface area contributed by atoms with Gasteiger partial charge < -0.3 is 0 Å². The van der Waals surface area contributed by atoms with Crippen molar-refractivity contribution in [3.8, 4) is 0 Å². The maximum absolute atomic E-state index is 6.43. The van der Waals surface area contributed by atoms with Gasteiger partial charge in [0, 0.05) is 5.03 Å². The number of hydrogen-bond donors (Lipinski definition) is 0. The molecule has 0 aliphatic carbocycles.